The minimum atomic E-state index is -3.97. The SMILES string of the molecule is CC(C)N(CCC(=O)N(C)Cc1ccc(C2=NCCN2C(=O)OC(C)(C)C)cc1)S(=O)(=O)c1cccc(Cl)c1Cl. The van der Waals surface area contributed by atoms with Crippen LogP contribution in [0.1, 0.15) is 52.2 Å². The summed E-state index contributed by atoms with van der Waals surface area (Å²) in [6.07, 6.45) is -0.445. The molecule has 40 heavy (non-hydrogen) atoms. The molecule has 0 radical (unpaired) electrons. The Hall–Kier alpha value is -2.66. The van der Waals surface area contributed by atoms with Gasteiger partial charge in [0.05, 0.1) is 23.1 Å². The molecule has 0 fully saturated rings. The number of nitrogens with zero attached hydrogens (tertiary/aromatic N) is 4. The molecule has 0 spiro atoms. The maximum absolute atomic E-state index is 13.3. The molecule has 1 heterocycles. The molecule has 0 unspecified atom stereocenters. The van der Waals surface area contributed by atoms with Crippen molar-refractivity contribution in [1.29, 1.82) is 0 Å². The second-order valence-corrected chi connectivity index (χ2v) is 13.4. The summed E-state index contributed by atoms with van der Waals surface area (Å²) in [6, 6.07) is 11.5. The van der Waals surface area contributed by atoms with Crippen LogP contribution in [0.3, 0.4) is 0 Å². The highest BCUT2D eigenvalue weighted by molar-refractivity contribution is 7.89. The smallest absolute Gasteiger partial charge is 0.416 e. The van der Waals surface area contributed by atoms with E-state index in [1.54, 1.807) is 25.8 Å². The van der Waals surface area contributed by atoms with Gasteiger partial charge in [0.1, 0.15) is 16.3 Å². The van der Waals surface area contributed by atoms with E-state index in [-0.39, 0.29) is 33.8 Å². The number of amidine groups is 1. The third kappa shape index (κ3) is 7.75. The van der Waals surface area contributed by atoms with Gasteiger partial charge < -0.3 is 9.64 Å². The normalized spacial score (nSPS) is 14.1. The molecule has 1 aliphatic heterocycles. The van der Waals surface area contributed by atoms with Gasteiger partial charge in [0.2, 0.25) is 15.9 Å². The molecule has 2 aromatic carbocycles. The van der Waals surface area contributed by atoms with Crippen molar-refractivity contribution in [3.05, 3.63) is 63.6 Å². The predicted molar refractivity (Wildman–Crippen MR) is 157 cm³/mol. The zero-order valence-electron chi connectivity index (χ0n) is 23.6. The van der Waals surface area contributed by atoms with Gasteiger partial charge in [-0.05, 0) is 52.3 Å². The van der Waals surface area contributed by atoms with Gasteiger partial charge in [-0.2, -0.15) is 4.31 Å². The average molecular weight is 612 g/mol. The lowest BCUT2D eigenvalue weighted by Crippen LogP contribution is -2.40. The molecule has 0 aromatic heterocycles. The van der Waals surface area contributed by atoms with Gasteiger partial charge in [0.25, 0.3) is 0 Å². The quantitative estimate of drug-likeness (QED) is 0.376. The van der Waals surface area contributed by atoms with Crippen molar-refractivity contribution in [3.8, 4) is 0 Å². The molecule has 0 aliphatic carbocycles. The summed E-state index contributed by atoms with van der Waals surface area (Å²) in [5.41, 5.74) is 1.05. The van der Waals surface area contributed by atoms with E-state index in [0.717, 1.165) is 11.1 Å². The molecule has 0 saturated carbocycles. The number of hydrogen-bond acceptors (Lipinski definition) is 6. The summed E-state index contributed by atoms with van der Waals surface area (Å²) in [5.74, 6) is 0.346. The van der Waals surface area contributed by atoms with Crippen LogP contribution in [0, 0.1) is 0 Å². The summed E-state index contributed by atoms with van der Waals surface area (Å²) in [7, 11) is -2.30. The number of ether oxygens (including phenoxy) is 1. The Balaban J connectivity index is 1.63. The zero-order chi connectivity index (χ0) is 29.8. The molecule has 1 aliphatic rings. The molecule has 0 saturated heterocycles. The molecule has 218 valence electrons. The number of carbonyl (C=O) groups excluding carboxylic acids is 2. The number of amides is 2. The van der Waals surface area contributed by atoms with E-state index in [9.17, 15) is 18.0 Å². The van der Waals surface area contributed by atoms with Crippen molar-refractivity contribution >= 4 is 51.1 Å². The molecule has 3 rings (SSSR count). The number of hydrogen-bond donors (Lipinski definition) is 0. The van der Waals surface area contributed by atoms with Crippen molar-refractivity contribution < 1.29 is 22.7 Å². The lowest BCUT2D eigenvalue weighted by molar-refractivity contribution is -0.130. The minimum absolute atomic E-state index is 0.00810. The first kappa shape index (κ1) is 31.9. The Labute approximate surface area is 246 Å². The van der Waals surface area contributed by atoms with Gasteiger partial charge in [0, 0.05) is 38.2 Å². The van der Waals surface area contributed by atoms with Crippen LogP contribution in [0.5, 0.6) is 0 Å². The second kappa shape index (κ2) is 12.9. The summed E-state index contributed by atoms with van der Waals surface area (Å²) in [5, 5.41) is 0.102. The summed E-state index contributed by atoms with van der Waals surface area (Å²) in [6.45, 7) is 10.2. The molecule has 0 bridgehead atoms. The van der Waals surface area contributed by atoms with Gasteiger partial charge in [-0.1, -0.05) is 53.5 Å². The highest BCUT2D eigenvalue weighted by atomic mass is 35.5. The summed E-state index contributed by atoms with van der Waals surface area (Å²) < 4.78 is 33.4. The van der Waals surface area contributed by atoms with Crippen molar-refractivity contribution in [2.45, 2.75) is 64.1 Å². The highest BCUT2D eigenvalue weighted by Crippen LogP contribution is 2.31. The van der Waals surface area contributed by atoms with Gasteiger partial charge in [-0.15, -0.1) is 0 Å². The molecular weight excluding hydrogens is 575 g/mol. The number of sulfonamides is 1. The largest absolute Gasteiger partial charge is 0.443 e. The van der Waals surface area contributed by atoms with Gasteiger partial charge >= 0.3 is 6.09 Å². The van der Waals surface area contributed by atoms with E-state index in [1.807, 2.05) is 45.0 Å². The Bertz CT molecular complexity index is 1370. The second-order valence-electron chi connectivity index (χ2n) is 10.8. The van der Waals surface area contributed by atoms with Crippen LogP contribution in [0.4, 0.5) is 4.79 Å². The first-order valence-corrected chi connectivity index (χ1v) is 15.2. The van der Waals surface area contributed by atoms with Gasteiger partial charge in [-0.3, -0.25) is 14.7 Å². The van der Waals surface area contributed by atoms with Crippen molar-refractivity contribution in [1.82, 2.24) is 14.1 Å². The standard InChI is InChI=1S/C28H36Cl2N4O5S/c1-19(2)34(40(37,38)23-9-7-8-22(29)25(23)30)16-14-24(35)32(6)18-20-10-12-21(13-11-20)26-31-15-17-33(26)27(36)39-28(3,4)5/h7-13,19H,14-18H2,1-6H3. The Morgan fingerprint density at radius 2 is 1.75 bits per heavy atom. The van der Waals surface area contributed by atoms with E-state index in [4.69, 9.17) is 27.9 Å². The number of rotatable bonds is 9. The van der Waals surface area contributed by atoms with E-state index < -0.39 is 27.8 Å². The lowest BCUT2D eigenvalue weighted by atomic mass is 10.1. The van der Waals surface area contributed by atoms with Crippen LogP contribution >= 0.6 is 23.2 Å². The highest BCUT2D eigenvalue weighted by Gasteiger charge is 2.31. The Morgan fingerprint density at radius 1 is 1.10 bits per heavy atom. The Kier molecular flexibility index (Phi) is 10.3. The molecule has 0 N–H and O–H groups in total. The van der Waals surface area contributed by atoms with Crippen LogP contribution in [0.15, 0.2) is 52.4 Å². The molecule has 9 nitrogen and oxygen atoms in total. The molecule has 2 aromatic rings. The first-order chi connectivity index (χ1) is 18.6. The number of aliphatic imine (C=N–C) groups is 1. The van der Waals surface area contributed by atoms with Crippen LogP contribution < -0.4 is 0 Å². The average Bonchev–Trinajstić information content (AvgIpc) is 3.35. The number of halogens is 2. The fraction of sp³-hybridized carbons (Fsp3) is 0.464. The van der Waals surface area contributed by atoms with Crippen molar-refractivity contribution in [2.24, 2.45) is 4.99 Å². The van der Waals surface area contributed by atoms with Crippen LogP contribution in [0.25, 0.3) is 0 Å². The van der Waals surface area contributed by atoms with E-state index in [2.05, 4.69) is 4.99 Å². The summed E-state index contributed by atoms with van der Waals surface area (Å²) in [4.78, 5) is 33.0. The topological polar surface area (TPSA) is 99.6 Å². The van der Waals surface area contributed by atoms with Gasteiger partial charge in [0.15, 0.2) is 0 Å². The van der Waals surface area contributed by atoms with E-state index in [0.29, 0.717) is 25.5 Å². The van der Waals surface area contributed by atoms with Gasteiger partial charge in [-0.25, -0.2) is 13.2 Å². The third-order valence-electron chi connectivity index (χ3n) is 6.14. The monoisotopic (exact) mass is 610 g/mol. The third-order valence-corrected chi connectivity index (χ3v) is 9.19. The van der Waals surface area contributed by atoms with Crippen LogP contribution in [0.2, 0.25) is 10.0 Å². The molecule has 12 heteroatoms. The van der Waals surface area contributed by atoms with Crippen LogP contribution in [-0.4, -0.2) is 78.7 Å². The summed E-state index contributed by atoms with van der Waals surface area (Å²) >= 11 is 12.2. The van der Waals surface area contributed by atoms with Crippen LogP contribution in [-0.2, 0) is 26.1 Å². The molecule has 0 atom stereocenters. The maximum atomic E-state index is 13.3. The van der Waals surface area contributed by atoms with Crippen molar-refractivity contribution in [2.75, 3.05) is 26.7 Å². The Morgan fingerprint density at radius 3 is 2.35 bits per heavy atom. The van der Waals surface area contributed by atoms with Crippen molar-refractivity contribution in [3.63, 3.8) is 0 Å². The first-order valence-electron chi connectivity index (χ1n) is 13.0. The number of carbonyl (C=O) groups is 2. The fourth-order valence-electron chi connectivity index (χ4n) is 4.17. The molecule has 2 amide bonds. The zero-order valence-corrected chi connectivity index (χ0v) is 26.0. The molecular formula is C28H36Cl2N4O5S. The minimum Gasteiger partial charge on any atom is -0.443 e. The predicted octanol–water partition coefficient (Wildman–Crippen LogP) is 5.44. The maximum Gasteiger partial charge on any atom is 0.416 e. The lowest BCUT2D eigenvalue weighted by Gasteiger charge is -2.27. The van der Waals surface area contributed by atoms with E-state index >= 15 is 0 Å². The number of benzene rings is 2. The fourth-order valence-corrected chi connectivity index (χ4v) is 6.55. The van der Waals surface area contributed by atoms with E-state index in [1.165, 1.54) is 27.4 Å².